The van der Waals surface area contributed by atoms with Crippen molar-refractivity contribution in [2.75, 3.05) is 12.4 Å². The first-order chi connectivity index (χ1) is 7.99. The molecule has 1 aromatic rings. The first-order valence-corrected chi connectivity index (χ1v) is 5.45. The van der Waals surface area contributed by atoms with Crippen LogP contribution in [-0.4, -0.2) is 40.1 Å². The lowest BCUT2D eigenvalue weighted by Gasteiger charge is -2.16. The van der Waals surface area contributed by atoms with Crippen molar-refractivity contribution in [1.29, 1.82) is 0 Å². The Kier molecular flexibility index (Phi) is 2.79. The smallest absolute Gasteiger partial charge is 0.354 e. The summed E-state index contributed by atoms with van der Waals surface area (Å²) < 4.78 is 0. The second-order valence-electron chi connectivity index (χ2n) is 4.32. The summed E-state index contributed by atoms with van der Waals surface area (Å²) in [5, 5.41) is 11.6. The van der Waals surface area contributed by atoms with Gasteiger partial charge in [-0.25, -0.2) is 9.59 Å². The van der Waals surface area contributed by atoms with Crippen molar-refractivity contribution < 1.29 is 14.7 Å². The van der Waals surface area contributed by atoms with Crippen LogP contribution in [0.1, 0.15) is 29.0 Å². The summed E-state index contributed by atoms with van der Waals surface area (Å²) in [6.45, 7) is 1.74. The SMILES string of the molecule is Cc1cc(NC(=O)N(C)C2CC2)c(C(=O)O)[nH]1. The second kappa shape index (κ2) is 4.12. The van der Waals surface area contributed by atoms with Crippen LogP contribution in [0.15, 0.2) is 6.07 Å². The zero-order chi connectivity index (χ0) is 12.6. The van der Waals surface area contributed by atoms with Gasteiger partial charge in [0.25, 0.3) is 0 Å². The van der Waals surface area contributed by atoms with Crippen molar-refractivity contribution in [2.45, 2.75) is 25.8 Å². The fourth-order valence-corrected chi connectivity index (χ4v) is 1.69. The van der Waals surface area contributed by atoms with E-state index < -0.39 is 5.97 Å². The van der Waals surface area contributed by atoms with Crippen LogP contribution in [0, 0.1) is 6.92 Å². The summed E-state index contributed by atoms with van der Waals surface area (Å²) in [5.74, 6) is -1.08. The third-order valence-electron chi connectivity index (χ3n) is 2.82. The Bertz CT molecular complexity index is 463. The average molecular weight is 237 g/mol. The van der Waals surface area contributed by atoms with Crippen LogP contribution >= 0.6 is 0 Å². The molecular weight excluding hydrogens is 222 g/mol. The topological polar surface area (TPSA) is 85.4 Å². The van der Waals surface area contributed by atoms with E-state index >= 15 is 0 Å². The lowest BCUT2D eigenvalue weighted by molar-refractivity contribution is 0.0692. The molecule has 0 aromatic carbocycles. The van der Waals surface area contributed by atoms with E-state index in [2.05, 4.69) is 10.3 Å². The highest BCUT2D eigenvalue weighted by Gasteiger charge is 2.30. The van der Waals surface area contributed by atoms with Crippen LogP contribution in [0.5, 0.6) is 0 Å². The van der Waals surface area contributed by atoms with E-state index in [-0.39, 0.29) is 11.7 Å². The van der Waals surface area contributed by atoms with Gasteiger partial charge in [-0.05, 0) is 25.8 Å². The summed E-state index contributed by atoms with van der Waals surface area (Å²) in [5.41, 5.74) is 1.03. The second-order valence-corrected chi connectivity index (χ2v) is 4.32. The van der Waals surface area contributed by atoms with Crippen LogP contribution in [-0.2, 0) is 0 Å². The van der Waals surface area contributed by atoms with Gasteiger partial charge in [0, 0.05) is 18.8 Å². The lowest BCUT2D eigenvalue weighted by atomic mass is 10.3. The Morgan fingerprint density at radius 3 is 2.71 bits per heavy atom. The van der Waals surface area contributed by atoms with Crippen molar-refractivity contribution in [2.24, 2.45) is 0 Å². The standard InChI is InChI=1S/C11H15N3O3/c1-6-5-8(9(12-6)10(15)16)13-11(17)14(2)7-3-4-7/h5,7,12H,3-4H2,1-2H3,(H,13,17)(H,15,16). The minimum atomic E-state index is -1.08. The number of hydrogen-bond acceptors (Lipinski definition) is 2. The number of carbonyl (C=O) groups excluding carboxylic acids is 1. The van der Waals surface area contributed by atoms with E-state index in [0.717, 1.165) is 12.8 Å². The molecule has 0 saturated heterocycles. The predicted octanol–water partition coefficient (Wildman–Crippen LogP) is 1.65. The Labute approximate surface area is 98.6 Å². The van der Waals surface area contributed by atoms with Crippen LogP contribution < -0.4 is 5.32 Å². The number of H-pyrrole nitrogens is 1. The van der Waals surface area contributed by atoms with Gasteiger partial charge in [0.1, 0.15) is 5.69 Å². The Hall–Kier alpha value is -1.98. The molecule has 0 atom stereocenters. The Balaban J connectivity index is 2.11. The van der Waals surface area contributed by atoms with Crippen LogP contribution in [0.2, 0.25) is 0 Å². The summed E-state index contributed by atoms with van der Waals surface area (Å²) in [6, 6.07) is 1.64. The molecule has 1 aliphatic carbocycles. The largest absolute Gasteiger partial charge is 0.477 e. The number of anilines is 1. The minimum absolute atomic E-state index is 0.0139. The third-order valence-corrected chi connectivity index (χ3v) is 2.82. The minimum Gasteiger partial charge on any atom is -0.477 e. The van der Waals surface area contributed by atoms with Gasteiger partial charge in [0.05, 0.1) is 5.69 Å². The molecule has 0 radical (unpaired) electrons. The molecule has 0 bridgehead atoms. The fourth-order valence-electron chi connectivity index (χ4n) is 1.69. The first kappa shape index (κ1) is 11.5. The number of carbonyl (C=O) groups is 2. The highest BCUT2D eigenvalue weighted by molar-refractivity contribution is 5.99. The van der Waals surface area contributed by atoms with Gasteiger partial charge >= 0.3 is 12.0 Å². The van der Waals surface area contributed by atoms with Crippen LogP contribution in [0.25, 0.3) is 0 Å². The number of urea groups is 1. The Morgan fingerprint density at radius 2 is 2.18 bits per heavy atom. The van der Waals surface area contributed by atoms with Crippen molar-refractivity contribution in [1.82, 2.24) is 9.88 Å². The maximum Gasteiger partial charge on any atom is 0.354 e. The monoisotopic (exact) mass is 237 g/mol. The third kappa shape index (κ3) is 2.41. The van der Waals surface area contributed by atoms with E-state index in [1.54, 1.807) is 24.9 Å². The molecule has 92 valence electrons. The molecule has 1 fully saturated rings. The van der Waals surface area contributed by atoms with E-state index in [1.165, 1.54) is 0 Å². The van der Waals surface area contributed by atoms with E-state index in [4.69, 9.17) is 5.11 Å². The number of hydrogen-bond donors (Lipinski definition) is 3. The van der Waals surface area contributed by atoms with Gasteiger partial charge in [-0.2, -0.15) is 0 Å². The highest BCUT2D eigenvalue weighted by atomic mass is 16.4. The molecular formula is C11H15N3O3. The number of aromatic nitrogens is 1. The summed E-state index contributed by atoms with van der Waals surface area (Å²) in [6.07, 6.45) is 2.03. The molecule has 1 aromatic heterocycles. The van der Waals surface area contributed by atoms with Crippen LogP contribution in [0.4, 0.5) is 10.5 Å². The number of aromatic carboxylic acids is 1. The number of aryl methyl sites for hydroxylation is 1. The summed E-state index contributed by atoms with van der Waals surface area (Å²) >= 11 is 0. The highest BCUT2D eigenvalue weighted by Crippen LogP contribution is 2.26. The van der Waals surface area contributed by atoms with Crippen LogP contribution in [0.3, 0.4) is 0 Å². The predicted molar refractivity (Wildman–Crippen MR) is 62.3 cm³/mol. The maximum absolute atomic E-state index is 11.8. The van der Waals surface area contributed by atoms with Gasteiger partial charge in [-0.1, -0.05) is 0 Å². The van der Waals surface area contributed by atoms with Crippen molar-refractivity contribution in [3.8, 4) is 0 Å². The number of aromatic amines is 1. The van der Waals surface area contributed by atoms with E-state index in [0.29, 0.717) is 17.4 Å². The van der Waals surface area contributed by atoms with Gasteiger partial charge in [-0.15, -0.1) is 0 Å². The lowest BCUT2D eigenvalue weighted by Crippen LogP contribution is -2.33. The molecule has 2 amide bonds. The molecule has 3 N–H and O–H groups in total. The molecule has 1 aliphatic rings. The van der Waals surface area contributed by atoms with Gasteiger partial charge in [-0.3, -0.25) is 0 Å². The molecule has 6 nitrogen and oxygen atoms in total. The molecule has 0 spiro atoms. The van der Waals surface area contributed by atoms with E-state index in [9.17, 15) is 9.59 Å². The van der Waals surface area contributed by atoms with E-state index in [1.807, 2.05) is 0 Å². The van der Waals surface area contributed by atoms with Crippen molar-refractivity contribution in [3.63, 3.8) is 0 Å². The molecule has 6 heteroatoms. The molecule has 0 unspecified atom stereocenters. The maximum atomic E-state index is 11.8. The molecule has 0 aliphatic heterocycles. The summed E-state index contributed by atoms with van der Waals surface area (Å²) in [7, 11) is 1.72. The number of carboxylic acids is 1. The molecule has 2 rings (SSSR count). The quantitative estimate of drug-likeness (QED) is 0.747. The number of nitrogens with zero attached hydrogens (tertiary/aromatic N) is 1. The molecule has 1 heterocycles. The number of amides is 2. The normalized spacial score (nSPS) is 14.5. The zero-order valence-corrected chi connectivity index (χ0v) is 9.78. The Morgan fingerprint density at radius 1 is 1.53 bits per heavy atom. The first-order valence-electron chi connectivity index (χ1n) is 5.45. The van der Waals surface area contributed by atoms with Gasteiger partial charge in [0.15, 0.2) is 0 Å². The molecule has 1 saturated carbocycles. The van der Waals surface area contributed by atoms with Crippen molar-refractivity contribution >= 4 is 17.7 Å². The van der Waals surface area contributed by atoms with Gasteiger partial charge in [0.2, 0.25) is 0 Å². The zero-order valence-electron chi connectivity index (χ0n) is 9.78. The fraction of sp³-hybridized carbons (Fsp3) is 0.455. The van der Waals surface area contributed by atoms with Gasteiger partial charge < -0.3 is 20.3 Å². The average Bonchev–Trinajstić information content (AvgIpc) is 3.02. The molecule has 17 heavy (non-hydrogen) atoms. The number of carboxylic acid groups (broad SMARTS) is 1. The number of rotatable bonds is 3. The summed E-state index contributed by atoms with van der Waals surface area (Å²) in [4.78, 5) is 27.0. The number of nitrogens with one attached hydrogen (secondary N) is 2. The van der Waals surface area contributed by atoms with Crippen molar-refractivity contribution in [3.05, 3.63) is 17.5 Å².